The number of benzene rings is 1. The number of ether oxygens (including phenoxy) is 1. The normalized spacial score (nSPS) is 9.85. The van der Waals surface area contributed by atoms with Gasteiger partial charge in [-0.1, -0.05) is 0 Å². The second-order valence-electron chi connectivity index (χ2n) is 2.37. The van der Waals surface area contributed by atoms with Crippen LogP contribution in [0, 0.1) is 18.6 Å². The predicted molar refractivity (Wildman–Crippen MR) is 43.0 cm³/mol. The van der Waals surface area contributed by atoms with Crippen molar-refractivity contribution in [1.29, 1.82) is 0 Å². The standard InChI is InChI=1S/C8H5ClF2O2/c1-4-2-5(10)6(11)3-7(4)13-8(9)12/h2-3H,1H3. The largest absolute Gasteiger partial charge is 0.414 e. The molecule has 0 N–H and O–H groups in total. The first-order valence-corrected chi connectivity index (χ1v) is 3.71. The molecule has 2 nitrogen and oxygen atoms in total. The van der Waals surface area contributed by atoms with Gasteiger partial charge in [0.15, 0.2) is 11.6 Å². The van der Waals surface area contributed by atoms with E-state index in [1.54, 1.807) is 0 Å². The Kier molecular flexibility index (Phi) is 2.83. The third-order valence-corrected chi connectivity index (χ3v) is 1.49. The molecule has 0 aliphatic rings. The molecular weight excluding hydrogens is 202 g/mol. The quantitative estimate of drug-likeness (QED) is 0.661. The first-order chi connectivity index (χ1) is 6.00. The average molecular weight is 207 g/mol. The molecule has 0 spiro atoms. The molecule has 0 bridgehead atoms. The molecule has 0 saturated heterocycles. The van der Waals surface area contributed by atoms with Crippen LogP contribution in [0.3, 0.4) is 0 Å². The van der Waals surface area contributed by atoms with Crippen molar-refractivity contribution < 1.29 is 18.3 Å². The van der Waals surface area contributed by atoms with Crippen LogP contribution in [0.2, 0.25) is 0 Å². The van der Waals surface area contributed by atoms with E-state index in [1.807, 2.05) is 0 Å². The summed E-state index contributed by atoms with van der Waals surface area (Å²) in [6, 6.07) is 1.69. The van der Waals surface area contributed by atoms with Gasteiger partial charge < -0.3 is 4.74 Å². The lowest BCUT2D eigenvalue weighted by Crippen LogP contribution is -1.99. The first kappa shape index (κ1) is 9.92. The van der Waals surface area contributed by atoms with Crippen molar-refractivity contribution in [2.45, 2.75) is 6.92 Å². The summed E-state index contributed by atoms with van der Waals surface area (Å²) in [7, 11) is 0. The molecule has 5 heteroatoms. The van der Waals surface area contributed by atoms with Crippen LogP contribution < -0.4 is 4.74 Å². The molecule has 0 atom stereocenters. The van der Waals surface area contributed by atoms with E-state index in [0.717, 1.165) is 12.1 Å². The molecule has 0 heterocycles. The topological polar surface area (TPSA) is 26.3 Å². The van der Waals surface area contributed by atoms with E-state index >= 15 is 0 Å². The monoisotopic (exact) mass is 206 g/mol. The van der Waals surface area contributed by atoms with Crippen LogP contribution in [0.25, 0.3) is 0 Å². The Morgan fingerprint density at radius 3 is 2.46 bits per heavy atom. The van der Waals surface area contributed by atoms with Crippen LogP contribution in [-0.2, 0) is 0 Å². The molecule has 0 radical (unpaired) electrons. The Bertz CT molecular complexity index is 352. The lowest BCUT2D eigenvalue weighted by Gasteiger charge is -2.04. The minimum Gasteiger partial charge on any atom is -0.414 e. The van der Waals surface area contributed by atoms with Crippen LogP contribution in [0.4, 0.5) is 13.6 Å². The summed E-state index contributed by atoms with van der Waals surface area (Å²) in [6.45, 7) is 1.47. The first-order valence-electron chi connectivity index (χ1n) is 3.33. The summed E-state index contributed by atoms with van der Waals surface area (Å²) in [5.41, 5.74) is -0.790. The zero-order chi connectivity index (χ0) is 10.0. The summed E-state index contributed by atoms with van der Waals surface area (Å²) >= 11 is 4.90. The molecule has 0 aliphatic heterocycles. The second kappa shape index (κ2) is 3.70. The van der Waals surface area contributed by atoms with Crippen LogP contribution in [-0.4, -0.2) is 5.43 Å². The van der Waals surface area contributed by atoms with Crippen molar-refractivity contribution in [2.24, 2.45) is 0 Å². The summed E-state index contributed by atoms with van der Waals surface area (Å²) < 4.78 is 29.5. The molecule has 70 valence electrons. The molecule has 13 heavy (non-hydrogen) atoms. The van der Waals surface area contributed by atoms with Crippen molar-refractivity contribution in [3.05, 3.63) is 29.3 Å². The fourth-order valence-electron chi connectivity index (χ4n) is 0.824. The van der Waals surface area contributed by atoms with Gasteiger partial charge in [0, 0.05) is 17.7 Å². The number of carbonyl (C=O) groups excluding carboxylic acids is 1. The Morgan fingerprint density at radius 1 is 1.38 bits per heavy atom. The molecule has 0 amide bonds. The van der Waals surface area contributed by atoms with Gasteiger partial charge in [-0.2, -0.15) is 0 Å². The van der Waals surface area contributed by atoms with Gasteiger partial charge in [-0.3, -0.25) is 0 Å². The lowest BCUT2D eigenvalue weighted by atomic mass is 10.2. The Balaban J connectivity index is 3.08. The minimum atomic E-state index is -1.09. The molecule has 0 saturated carbocycles. The third kappa shape index (κ3) is 2.39. The molecule has 1 aromatic rings. The molecule has 1 rings (SSSR count). The summed E-state index contributed by atoms with van der Waals surface area (Å²) in [5, 5.41) is 0. The van der Waals surface area contributed by atoms with E-state index in [2.05, 4.69) is 4.74 Å². The number of aryl methyl sites for hydroxylation is 1. The van der Waals surface area contributed by atoms with Crippen LogP contribution >= 0.6 is 11.6 Å². The minimum absolute atomic E-state index is 0.0844. The van der Waals surface area contributed by atoms with Gasteiger partial charge in [-0.05, 0) is 18.6 Å². The summed E-state index contributed by atoms with van der Waals surface area (Å²) in [4.78, 5) is 10.3. The van der Waals surface area contributed by atoms with Gasteiger partial charge in [0.2, 0.25) is 0 Å². The average Bonchev–Trinajstić information content (AvgIpc) is 1.99. The maximum absolute atomic E-state index is 12.6. The molecule has 0 fully saturated rings. The maximum Gasteiger partial charge on any atom is 0.409 e. The second-order valence-corrected chi connectivity index (χ2v) is 2.68. The highest BCUT2D eigenvalue weighted by atomic mass is 35.5. The van der Waals surface area contributed by atoms with E-state index in [4.69, 9.17) is 11.6 Å². The Labute approximate surface area is 78.1 Å². The van der Waals surface area contributed by atoms with E-state index < -0.39 is 17.1 Å². The maximum atomic E-state index is 12.6. The van der Waals surface area contributed by atoms with Gasteiger partial charge in [-0.15, -0.1) is 0 Å². The number of hydrogen-bond acceptors (Lipinski definition) is 2. The molecular formula is C8H5ClF2O2. The van der Waals surface area contributed by atoms with Crippen LogP contribution in [0.1, 0.15) is 5.56 Å². The number of halogens is 3. The van der Waals surface area contributed by atoms with Crippen molar-refractivity contribution in [3.8, 4) is 5.75 Å². The fraction of sp³-hybridized carbons (Fsp3) is 0.125. The van der Waals surface area contributed by atoms with Crippen LogP contribution in [0.15, 0.2) is 12.1 Å². The fourth-order valence-corrected chi connectivity index (χ4v) is 0.908. The molecule has 0 unspecified atom stereocenters. The molecule has 0 aromatic heterocycles. The highest BCUT2D eigenvalue weighted by molar-refractivity contribution is 6.61. The predicted octanol–water partition coefficient (Wildman–Crippen LogP) is 3.01. The number of carbonyl (C=O) groups is 1. The Hall–Kier alpha value is -1.16. The third-order valence-electron chi connectivity index (χ3n) is 1.41. The number of hydrogen-bond donors (Lipinski definition) is 0. The van der Waals surface area contributed by atoms with E-state index in [1.165, 1.54) is 6.92 Å². The van der Waals surface area contributed by atoms with Crippen molar-refractivity contribution in [2.75, 3.05) is 0 Å². The van der Waals surface area contributed by atoms with E-state index in [-0.39, 0.29) is 5.75 Å². The zero-order valence-electron chi connectivity index (χ0n) is 6.61. The van der Waals surface area contributed by atoms with Crippen molar-refractivity contribution >= 4 is 17.0 Å². The highest BCUT2D eigenvalue weighted by Gasteiger charge is 2.09. The summed E-state index contributed by atoms with van der Waals surface area (Å²) in [6.07, 6.45) is 0. The van der Waals surface area contributed by atoms with Crippen LogP contribution in [0.5, 0.6) is 5.75 Å². The van der Waals surface area contributed by atoms with Gasteiger partial charge in [0.1, 0.15) is 5.75 Å². The number of rotatable bonds is 1. The lowest BCUT2D eigenvalue weighted by molar-refractivity contribution is 0.225. The van der Waals surface area contributed by atoms with Crippen molar-refractivity contribution in [3.63, 3.8) is 0 Å². The Morgan fingerprint density at radius 2 is 1.92 bits per heavy atom. The zero-order valence-corrected chi connectivity index (χ0v) is 7.36. The van der Waals surface area contributed by atoms with Gasteiger partial charge in [-0.25, -0.2) is 13.6 Å². The molecule has 1 aromatic carbocycles. The van der Waals surface area contributed by atoms with E-state index in [0.29, 0.717) is 5.56 Å². The van der Waals surface area contributed by atoms with Crippen molar-refractivity contribution in [1.82, 2.24) is 0 Å². The van der Waals surface area contributed by atoms with Gasteiger partial charge in [0.05, 0.1) is 0 Å². The summed E-state index contributed by atoms with van der Waals surface area (Å²) in [5.74, 6) is -2.16. The SMILES string of the molecule is Cc1cc(F)c(F)cc1OC(=O)Cl. The van der Waals surface area contributed by atoms with Gasteiger partial charge >= 0.3 is 5.43 Å². The van der Waals surface area contributed by atoms with E-state index in [9.17, 15) is 13.6 Å². The smallest absolute Gasteiger partial charge is 0.409 e. The van der Waals surface area contributed by atoms with Gasteiger partial charge in [0.25, 0.3) is 0 Å². The molecule has 0 aliphatic carbocycles. The highest BCUT2D eigenvalue weighted by Crippen LogP contribution is 2.21.